The van der Waals surface area contributed by atoms with Gasteiger partial charge in [-0.25, -0.2) is 19.8 Å². The van der Waals surface area contributed by atoms with Gasteiger partial charge in [0.2, 0.25) is 0 Å². The van der Waals surface area contributed by atoms with Gasteiger partial charge in [0, 0.05) is 43.5 Å². The number of nitrogen functional groups attached to an aromatic ring is 1. The number of urea groups is 1. The van der Waals surface area contributed by atoms with Gasteiger partial charge < -0.3 is 16.0 Å². The number of imidazole rings is 1. The number of aromatic nitrogens is 3. The summed E-state index contributed by atoms with van der Waals surface area (Å²) < 4.78 is 2.04. The van der Waals surface area contributed by atoms with E-state index in [9.17, 15) is 4.79 Å². The van der Waals surface area contributed by atoms with Crippen LogP contribution in [0.1, 0.15) is 42.8 Å². The molecule has 3 N–H and O–H groups in total. The van der Waals surface area contributed by atoms with Crippen molar-refractivity contribution >= 4 is 34.3 Å². The maximum atomic E-state index is 12.3. The van der Waals surface area contributed by atoms with Crippen molar-refractivity contribution in [3.8, 4) is 0 Å². The summed E-state index contributed by atoms with van der Waals surface area (Å²) in [5.41, 5.74) is 11.9. The Morgan fingerprint density at radius 1 is 1.22 bits per heavy atom. The van der Waals surface area contributed by atoms with Gasteiger partial charge in [-0.1, -0.05) is 55.6 Å². The van der Waals surface area contributed by atoms with Crippen molar-refractivity contribution in [3.63, 3.8) is 0 Å². The van der Waals surface area contributed by atoms with Crippen LogP contribution in [-0.4, -0.2) is 50.6 Å². The molecule has 1 saturated heterocycles. The van der Waals surface area contributed by atoms with Crippen LogP contribution in [0.15, 0.2) is 84.7 Å². The third kappa shape index (κ3) is 4.82. The molecule has 1 aliphatic heterocycles. The number of carbonyl (C=O) groups excluding carboxylic acids is 1. The molecule has 5 rings (SSSR count). The molecule has 0 spiro atoms. The number of hydrogen-bond donors (Lipinski definition) is 2. The number of anilines is 1. The number of rotatable bonds is 5. The first-order valence-corrected chi connectivity index (χ1v) is 12.5. The summed E-state index contributed by atoms with van der Waals surface area (Å²) in [6.07, 6.45) is 11.2. The summed E-state index contributed by atoms with van der Waals surface area (Å²) in [5.74, 6) is 1.55. The molecule has 188 valence electrons. The average molecular weight is 494 g/mol. The lowest BCUT2D eigenvalue weighted by atomic mass is 9.96. The first-order chi connectivity index (χ1) is 18.0. The number of allylic oxidation sites excluding steroid dienone is 5. The molecule has 0 radical (unpaired) electrons. The second-order valence-corrected chi connectivity index (χ2v) is 9.21. The summed E-state index contributed by atoms with van der Waals surface area (Å²) in [6.45, 7) is 12.2. The van der Waals surface area contributed by atoms with Crippen molar-refractivity contribution in [3.05, 3.63) is 96.8 Å². The zero-order valence-electron chi connectivity index (χ0n) is 21.0. The fourth-order valence-electron chi connectivity index (χ4n) is 4.84. The Morgan fingerprint density at radius 3 is 2.70 bits per heavy atom. The Labute approximate surface area is 216 Å². The number of amides is 2. The van der Waals surface area contributed by atoms with E-state index in [1.807, 2.05) is 71.0 Å². The van der Waals surface area contributed by atoms with E-state index in [2.05, 4.69) is 23.5 Å². The summed E-state index contributed by atoms with van der Waals surface area (Å²) in [5, 5.41) is 2.89. The van der Waals surface area contributed by atoms with E-state index in [1.165, 1.54) is 0 Å². The van der Waals surface area contributed by atoms with E-state index in [-0.39, 0.29) is 11.9 Å². The fraction of sp³-hybridized carbons (Fsp3) is 0.241. The Bertz CT molecular complexity index is 1450. The smallest absolute Gasteiger partial charge is 0.317 e. The second-order valence-electron chi connectivity index (χ2n) is 9.21. The van der Waals surface area contributed by atoms with Crippen LogP contribution in [0.3, 0.4) is 0 Å². The summed E-state index contributed by atoms with van der Waals surface area (Å²) >= 11 is 0. The van der Waals surface area contributed by atoms with Gasteiger partial charge in [0.05, 0.1) is 11.4 Å². The van der Waals surface area contributed by atoms with Crippen LogP contribution in [0.25, 0.3) is 16.8 Å². The largest absolute Gasteiger partial charge is 0.382 e. The van der Waals surface area contributed by atoms with Gasteiger partial charge in [-0.15, -0.1) is 0 Å². The van der Waals surface area contributed by atoms with E-state index >= 15 is 0 Å². The standard InChI is InChI=1S/C29H31N7O/c1-4-31-29(37)35-15-12-22(13-16-35)28-34-25(26-27(30)32-14-17-36(26)28)23-11-10-19(2)24(18-23)33-20(3)21-8-6-5-7-9-21/h5-11,14,17-18,22H,2-4,12-13,15-16H2,1H3,(H2,30,32)(H,31,37). The maximum Gasteiger partial charge on any atom is 0.317 e. The van der Waals surface area contributed by atoms with Gasteiger partial charge >= 0.3 is 6.03 Å². The van der Waals surface area contributed by atoms with Crippen molar-refractivity contribution in [1.29, 1.82) is 0 Å². The molecular formula is C29H31N7O. The van der Waals surface area contributed by atoms with Crippen LogP contribution in [0.2, 0.25) is 0 Å². The quantitative estimate of drug-likeness (QED) is 0.531. The number of fused-ring (bicyclic) bond motifs is 1. The highest BCUT2D eigenvalue weighted by Gasteiger charge is 2.28. The minimum atomic E-state index is -0.00954. The second kappa shape index (κ2) is 10.3. The van der Waals surface area contributed by atoms with E-state index in [4.69, 9.17) is 15.7 Å². The third-order valence-corrected chi connectivity index (χ3v) is 6.81. The summed E-state index contributed by atoms with van der Waals surface area (Å²) in [6, 6.07) is 9.85. The van der Waals surface area contributed by atoms with Crippen molar-refractivity contribution < 1.29 is 4.79 Å². The molecule has 8 nitrogen and oxygen atoms in total. The zero-order chi connectivity index (χ0) is 25.9. The number of carbonyl (C=O) groups is 1. The lowest BCUT2D eigenvalue weighted by Crippen LogP contribution is -2.44. The lowest BCUT2D eigenvalue weighted by molar-refractivity contribution is 0.181. The molecule has 37 heavy (non-hydrogen) atoms. The number of likely N-dealkylation sites (tertiary alicyclic amines) is 1. The van der Waals surface area contributed by atoms with E-state index in [1.54, 1.807) is 6.20 Å². The van der Waals surface area contributed by atoms with Gasteiger partial charge in [-0.05, 0) is 37.0 Å². The van der Waals surface area contributed by atoms with Crippen LogP contribution in [-0.2, 0) is 0 Å². The van der Waals surface area contributed by atoms with Crippen LogP contribution in [0.5, 0.6) is 0 Å². The van der Waals surface area contributed by atoms with E-state index in [0.29, 0.717) is 31.1 Å². The number of nitrogens with zero attached hydrogens (tertiary/aromatic N) is 5. The zero-order valence-corrected chi connectivity index (χ0v) is 21.0. The monoisotopic (exact) mass is 493 g/mol. The van der Waals surface area contributed by atoms with Crippen molar-refractivity contribution in [2.45, 2.75) is 25.7 Å². The molecule has 2 aliphatic rings. The van der Waals surface area contributed by atoms with Gasteiger partial charge in [0.25, 0.3) is 0 Å². The molecule has 3 heterocycles. The van der Waals surface area contributed by atoms with Crippen molar-refractivity contribution in [1.82, 2.24) is 24.6 Å². The number of hydrogen-bond acceptors (Lipinski definition) is 5. The number of benzene rings is 1. The highest BCUT2D eigenvalue weighted by atomic mass is 16.2. The molecule has 8 heteroatoms. The molecule has 0 saturated carbocycles. The first kappa shape index (κ1) is 24.2. The minimum Gasteiger partial charge on any atom is -0.382 e. The molecule has 1 aliphatic carbocycles. The van der Waals surface area contributed by atoms with E-state index < -0.39 is 0 Å². The van der Waals surface area contributed by atoms with Crippen LogP contribution < -0.4 is 11.1 Å². The molecule has 0 bridgehead atoms. The number of piperidine rings is 1. The molecule has 0 atom stereocenters. The van der Waals surface area contributed by atoms with Gasteiger partial charge in [-0.3, -0.25) is 4.40 Å². The number of aliphatic imine (C=N–C) groups is 1. The normalized spacial score (nSPS) is 17.3. The van der Waals surface area contributed by atoms with Gasteiger partial charge in [0.15, 0.2) is 0 Å². The topological polar surface area (TPSA) is 101 Å². The Kier molecular flexibility index (Phi) is 6.72. The Balaban J connectivity index is 1.49. The van der Waals surface area contributed by atoms with Crippen molar-refractivity contribution in [2.75, 3.05) is 25.4 Å². The van der Waals surface area contributed by atoms with Crippen LogP contribution >= 0.6 is 0 Å². The predicted octanol–water partition coefficient (Wildman–Crippen LogP) is 4.84. The number of nitrogens with one attached hydrogen (secondary N) is 1. The van der Waals surface area contributed by atoms with E-state index in [0.717, 1.165) is 52.3 Å². The number of nitrogens with two attached hydrogens (primary N) is 1. The molecule has 0 unspecified atom stereocenters. The Hall–Kier alpha value is -4.46. The molecule has 2 amide bonds. The van der Waals surface area contributed by atoms with Crippen molar-refractivity contribution in [2.24, 2.45) is 4.99 Å². The highest BCUT2D eigenvalue weighted by Crippen LogP contribution is 2.34. The minimum absolute atomic E-state index is 0.00954. The molecular weight excluding hydrogens is 462 g/mol. The summed E-state index contributed by atoms with van der Waals surface area (Å²) in [4.78, 5) is 28.3. The first-order valence-electron chi connectivity index (χ1n) is 12.5. The molecule has 1 aromatic carbocycles. The Morgan fingerprint density at radius 2 is 1.97 bits per heavy atom. The SMILES string of the molecule is C=C1C=CC(c2nc(C3CCN(C(=O)NCC)CC3)n3ccnc(N)c23)=CC1=NC(=C)c1ccccc1. The fourth-order valence-corrected chi connectivity index (χ4v) is 4.84. The van der Waals surface area contributed by atoms with Gasteiger partial charge in [-0.2, -0.15) is 0 Å². The van der Waals surface area contributed by atoms with Gasteiger partial charge in [0.1, 0.15) is 22.9 Å². The lowest BCUT2D eigenvalue weighted by Gasteiger charge is -2.31. The third-order valence-electron chi connectivity index (χ3n) is 6.81. The van der Waals surface area contributed by atoms with Crippen LogP contribution in [0.4, 0.5) is 10.6 Å². The molecule has 3 aromatic rings. The molecule has 2 aromatic heterocycles. The van der Waals surface area contributed by atoms with Crippen LogP contribution in [0, 0.1) is 0 Å². The summed E-state index contributed by atoms with van der Waals surface area (Å²) in [7, 11) is 0. The maximum absolute atomic E-state index is 12.3. The highest BCUT2D eigenvalue weighted by molar-refractivity contribution is 6.18. The predicted molar refractivity (Wildman–Crippen MR) is 149 cm³/mol. The average Bonchev–Trinajstić information content (AvgIpc) is 3.31. The molecule has 1 fully saturated rings.